The van der Waals surface area contributed by atoms with Crippen LogP contribution in [0.3, 0.4) is 0 Å². The molecule has 0 unspecified atom stereocenters. The van der Waals surface area contributed by atoms with Gasteiger partial charge in [0.2, 0.25) is 15.9 Å². The van der Waals surface area contributed by atoms with Crippen LogP contribution in [0.1, 0.15) is 11.1 Å². The summed E-state index contributed by atoms with van der Waals surface area (Å²) in [5, 5.41) is 3.08. The van der Waals surface area contributed by atoms with E-state index in [-0.39, 0.29) is 16.5 Å². The third-order valence-corrected chi connectivity index (χ3v) is 6.39. The Bertz CT molecular complexity index is 914. The van der Waals surface area contributed by atoms with Gasteiger partial charge in [-0.1, -0.05) is 41.4 Å². The van der Waals surface area contributed by atoms with Crippen LogP contribution in [0.5, 0.6) is 0 Å². The van der Waals surface area contributed by atoms with Gasteiger partial charge in [0.15, 0.2) is 0 Å². The van der Waals surface area contributed by atoms with Crippen molar-refractivity contribution in [3.8, 4) is 0 Å². The smallest absolute Gasteiger partial charge is 0.243 e. The van der Waals surface area contributed by atoms with Crippen LogP contribution in [0.15, 0.2) is 41.3 Å². The molecule has 2 aromatic carbocycles. The van der Waals surface area contributed by atoms with Crippen molar-refractivity contribution in [3.63, 3.8) is 0 Å². The van der Waals surface area contributed by atoms with E-state index in [1.54, 1.807) is 37.3 Å². The van der Waals surface area contributed by atoms with E-state index in [0.717, 1.165) is 9.87 Å². The fourth-order valence-electron chi connectivity index (χ4n) is 2.23. The largest absolute Gasteiger partial charge is 0.324 e. The summed E-state index contributed by atoms with van der Waals surface area (Å²) < 4.78 is 26.4. The highest BCUT2D eigenvalue weighted by Crippen LogP contribution is 2.29. The van der Waals surface area contributed by atoms with E-state index in [9.17, 15) is 13.2 Å². The number of benzene rings is 2. The van der Waals surface area contributed by atoms with Crippen LogP contribution in [0.2, 0.25) is 10.0 Å². The highest BCUT2D eigenvalue weighted by molar-refractivity contribution is 7.89. The molecule has 8 heteroatoms. The molecule has 0 saturated heterocycles. The number of nitrogens with one attached hydrogen (secondary N) is 1. The number of nitrogens with zero attached hydrogens (tertiary/aromatic N) is 1. The Morgan fingerprint density at radius 1 is 1.16 bits per heavy atom. The van der Waals surface area contributed by atoms with Crippen LogP contribution in [0.4, 0.5) is 5.69 Å². The van der Waals surface area contributed by atoms with Gasteiger partial charge < -0.3 is 5.32 Å². The summed E-state index contributed by atoms with van der Waals surface area (Å²) in [6, 6.07) is 9.99. The van der Waals surface area contributed by atoms with Gasteiger partial charge in [0.25, 0.3) is 0 Å². The SMILES string of the molecule is Cc1ccc(C)c(S(=O)(=O)N(C)CC(=O)Nc2cccc(Cl)c2Cl)c1. The molecule has 0 atom stereocenters. The molecule has 134 valence electrons. The zero-order valence-electron chi connectivity index (χ0n) is 14.0. The Hall–Kier alpha value is -1.60. The van der Waals surface area contributed by atoms with E-state index in [1.807, 2.05) is 13.0 Å². The van der Waals surface area contributed by atoms with Gasteiger partial charge in [-0.15, -0.1) is 0 Å². The standard InChI is InChI=1S/C17H18Cl2N2O3S/c1-11-7-8-12(2)15(9-11)25(23,24)21(3)10-16(22)20-14-6-4-5-13(18)17(14)19/h4-9H,10H2,1-3H3,(H,20,22). The molecule has 0 aromatic heterocycles. The maximum atomic E-state index is 12.7. The third-order valence-electron chi connectivity index (χ3n) is 3.62. The average Bonchev–Trinajstić information content (AvgIpc) is 2.53. The first-order valence-corrected chi connectivity index (χ1v) is 9.60. The van der Waals surface area contributed by atoms with Gasteiger partial charge >= 0.3 is 0 Å². The average molecular weight is 401 g/mol. The second kappa shape index (κ2) is 7.74. The van der Waals surface area contributed by atoms with Crippen LogP contribution in [-0.2, 0) is 14.8 Å². The van der Waals surface area contributed by atoms with Gasteiger partial charge in [-0.05, 0) is 43.2 Å². The maximum Gasteiger partial charge on any atom is 0.243 e. The van der Waals surface area contributed by atoms with Crippen molar-refractivity contribution in [2.75, 3.05) is 18.9 Å². The summed E-state index contributed by atoms with van der Waals surface area (Å²) in [4.78, 5) is 12.4. The van der Waals surface area contributed by atoms with E-state index in [4.69, 9.17) is 23.2 Å². The number of likely N-dealkylation sites (N-methyl/N-ethyl adjacent to an activating group) is 1. The van der Waals surface area contributed by atoms with Crippen LogP contribution in [0, 0.1) is 13.8 Å². The molecule has 25 heavy (non-hydrogen) atoms. The number of hydrogen-bond acceptors (Lipinski definition) is 3. The second-order valence-electron chi connectivity index (χ2n) is 5.68. The lowest BCUT2D eigenvalue weighted by atomic mass is 10.2. The van der Waals surface area contributed by atoms with E-state index in [0.29, 0.717) is 16.3 Å². The van der Waals surface area contributed by atoms with Gasteiger partial charge in [-0.25, -0.2) is 8.42 Å². The molecule has 0 saturated carbocycles. The van der Waals surface area contributed by atoms with Gasteiger partial charge in [-0.3, -0.25) is 4.79 Å². The molecule has 5 nitrogen and oxygen atoms in total. The minimum Gasteiger partial charge on any atom is -0.324 e. The Morgan fingerprint density at radius 2 is 1.84 bits per heavy atom. The molecule has 0 aliphatic rings. The highest BCUT2D eigenvalue weighted by atomic mass is 35.5. The van der Waals surface area contributed by atoms with Crippen LogP contribution < -0.4 is 5.32 Å². The van der Waals surface area contributed by atoms with Gasteiger partial charge in [0.1, 0.15) is 0 Å². The summed E-state index contributed by atoms with van der Waals surface area (Å²) >= 11 is 11.9. The fourth-order valence-corrected chi connectivity index (χ4v) is 4.01. The van der Waals surface area contributed by atoms with Crippen molar-refractivity contribution < 1.29 is 13.2 Å². The number of rotatable bonds is 5. The minimum atomic E-state index is -3.78. The zero-order valence-corrected chi connectivity index (χ0v) is 16.3. The Kier molecular flexibility index (Phi) is 6.11. The lowest BCUT2D eigenvalue weighted by Crippen LogP contribution is -2.35. The fraction of sp³-hybridized carbons (Fsp3) is 0.235. The van der Waals surface area contributed by atoms with Crippen LogP contribution in [-0.4, -0.2) is 32.2 Å². The van der Waals surface area contributed by atoms with E-state index >= 15 is 0 Å². The van der Waals surface area contributed by atoms with Crippen molar-refractivity contribution in [1.82, 2.24) is 4.31 Å². The Labute approximate surface area is 157 Å². The molecule has 2 rings (SSSR count). The summed E-state index contributed by atoms with van der Waals surface area (Å²) in [7, 11) is -2.43. The van der Waals surface area contributed by atoms with Crippen molar-refractivity contribution in [2.24, 2.45) is 0 Å². The number of amides is 1. The number of halogens is 2. The Balaban J connectivity index is 2.17. The number of anilines is 1. The van der Waals surface area contributed by atoms with Crippen molar-refractivity contribution in [2.45, 2.75) is 18.7 Å². The minimum absolute atomic E-state index is 0.184. The summed E-state index contributed by atoms with van der Waals surface area (Å²) in [5.41, 5.74) is 1.78. The first-order chi connectivity index (χ1) is 11.6. The molecular weight excluding hydrogens is 383 g/mol. The lowest BCUT2D eigenvalue weighted by Gasteiger charge is -2.19. The number of hydrogen-bond donors (Lipinski definition) is 1. The first kappa shape index (κ1) is 19.7. The molecule has 0 spiro atoms. The Morgan fingerprint density at radius 3 is 2.52 bits per heavy atom. The van der Waals surface area contributed by atoms with E-state index in [1.165, 1.54) is 7.05 Å². The summed E-state index contributed by atoms with van der Waals surface area (Å²) in [5.74, 6) is -0.513. The van der Waals surface area contributed by atoms with E-state index in [2.05, 4.69) is 5.32 Å². The predicted octanol–water partition coefficient (Wildman–Crippen LogP) is 3.87. The molecule has 0 aliphatic carbocycles. The molecule has 1 N–H and O–H groups in total. The van der Waals surface area contributed by atoms with Gasteiger partial charge in [-0.2, -0.15) is 4.31 Å². The number of aryl methyl sites for hydroxylation is 2. The topological polar surface area (TPSA) is 66.5 Å². The van der Waals surface area contributed by atoms with Gasteiger partial charge in [0, 0.05) is 7.05 Å². The number of carbonyl (C=O) groups excluding carboxylic acids is 1. The summed E-state index contributed by atoms with van der Waals surface area (Å²) in [6.07, 6.45) is 0. The van der Waals surface area contributed by atoms with Crippen molar-refractivity contribution in [3.05, 3.63) is 57.6 Å². The quantitative estimate of drug-likeness (QED) is 0.827. The van der Waals surface area contributed by atoms with Crippen molar-refractivity contribution >= 4 is 44.8 Å². The maximum absolute atomic E-state index is 12.7. The molecule has 0 heterocycles. The first-order valence-electron chi connectivity index (χ1n) is 7.40. The third kappa shape index (κ3) is 4.52. The lowest BCUT2D eigenvalue weighted by molar-refractivity contribution is -0.116. The zero-order chi connectivity index (χ0) is 18.8. The molecule has 0 radical (unpaired) electrons. The highest BCUT2D eigenvalue weighted by Gasteiger charge is 2.25. The monoisotopic (exact) mass is 400 g/mol. The number of sulfonamides is 1. The van der Waals surface area contributed by atoms with E-state index < -0.39 is 15.9 Å². The second-order valence-corrected chi connectivity index (χ2v) is 8.48. The van der Waals surface area contributed by atoms with Crippen LogP contribution in [0.25, 0.3) is 0 Å². The summed E-state index contributed by atoms with van der Waals surface area (Å²) in [6.45, 7) is 3.18. The van der Waals surface area contributed by atoms with Crippen LogP contribution >= 0.6 is 23.2 Å². The molecular formula is C17H18Cl2N2O3S. The normalized spacial score (nSPS) is 11.6. The van der Waals surface area contributed by atoms with Gasteiger partial charge in [0.05, 0.1) is 27.2 Å². The van der Waals surface area contributed by atoms with Crippen molar-refractivity contribution in [1.29, 1.82) is 0 Å². The number of carbonyl (C=O) groups is 1. The molecule has 1 amide bonds. The molecule has 0 aliphatic heterocycles. The molecule has 0 bridgehead atoms. The molecule has 0 fully saturated rings. The predicted molar refractivity (Wildman–Crippen MR) is 101 cm³/mol. The molecule has 2 aromatic rings.